The van der Waals surface area contributed by atoms with Gasteiger partial charge in [-0.1, -0.05) is 49.6 Å². The molecule has 3 N–H and O–H groups in total. The molecular formula is C20H22N4O5S. The number of aromatic nitrogens is 2. The summed E-state index contributed by atoms with van der Waals surface area (Å²) in [7, 11) is 0. The van der Waals surface area contributed by atoms with E-state index in [-0.39, 0.29) is 9.92 Å². The van der Waals surface area contributed by atoms with E-state index in [1.54, 1.807) is 6.07 Å². The number of thiophene rings is 1. The lowest BCUT2D eigenvalue weighted by molar-refractivity contribution is -0.380. The average molecular weight is 430 g/mol. The first-order valence-corrected chi connectivity index (χ1v) is 10.4. The Labute approximate surface area is 176 Å². The number of fused-ring (bicyclic) bond motifs is 1. The Morgan fingerprint density at radius 2 is 1.83 bits per heavy atom. The third-order valence-electron chi connectivity index (χ3n) is 4.85. The Hall–Kier alpha value is -3.27. The van der Waals surface area contributed by atoms with Gasteiger partial charge < -0.3 is 15.5 Å². The van der Waals surface area contributed by atoms with Crippen LogP contribution in [-0.2, 0) is 6.54 Å². The Kier molecular flexibility index (Phi) is 7.12. The third-order valence-corrected chi connectivity index (χ3v) is 5.83. The molecule has 1 aliphatic rings. The minimum absolute atomic E-state index is 0.109. The summed E-state index contributed by atoms with van der Waals surface area (Å²) in [5.74, 6) is 1.87. The summed E-state index contributed by atoms with van der Waals surface area (Å²) in [6.07, 6.45) is 4.02. The first-order valence-electron chi connectivity index (χ1n) is 9.59. The topological polar surface area (TPSA) is 138 Å². The van der Waals surface area contributed by atoms with Crippen molar-refractivity contribution < 1.29 is 19.9 Å². The van der Waals surface area contributed by atoms with E-state index in [1.807, 2.05) is 30.3 Å². The van der Waals surface area contributed by atoms with Crippen LogP contribution in [0.2, 0.25) is 0 Å². The Morgan fingerprint density at radius 3 is 2.47 bits per heavy atom. The van der Waals surface area contributed by atoms with Crippen molar-refractivity contribution in [2.24, 2.45) is 0 Å². The van der Waals surface area contributed by atoms with Crippen molar-refractivity contribution in [2.45, 2.75) is 44.6 Å². The van der Waals surface area contributed by atoms with Crippen LogP contribution in [0.4, 0.5) is 15.6 Å². The normalized spacial score (nSPS) is 14.0. The van der Waals surface area contributed by atoms with Gasteiger partial charge in [-0.05, 0) is 29.7 Å². The summed E-state index contributed by atoms with van der Waals surface area (Å²) < 4.78 is 0. The van der Waals surface area contributed by atoms with Crippen molar-refractivity contribution in [2.75, 3.05) is 5.32 Å². The number of nitro groups is 1. The zero-order valence-corrected chi connectivity index (χ0v) is 17.0. The number of hydrogen-bond donors (Lipinski definition) is 3. The zero-order valence-electron chi connectivity index (χ0n) is 16.2. The summed E-state index contributed by atoms with van der Waals surface area (Å²) >= 11 is 1.13. The maximum Gasteiger partial charge on any atom is 0.503 e. The van der Waals surface area contributed by atoms with Gasteiger partial charge in [0.25, 0.3) is 0 Å². The molecule has 0 amide bonds. The van der Waals surface area contributed by atoms with E-state index in [9.17, 15) is 10.1 Å². The van der Waals surface area contributed by atoms with Crippen LogP contribution in [0.25, 0.3) is 10.2 Å². The highest BCUT2D eigenvalue weighted by molar-refractivity contribution is 7.21. The molecule has 10 heteroatoms. The van der Waals surface area contributed by atoms with Gasteiger partial charge in [0.15, 0.2) is 0 Å². The predicted molar refractivity (Wildman–Crippen MR) is 114 cm³/mol. The smallest absolute Gasteiger partial charge is 0.450 e. The van der Waals surface area contributed by atoms with Gasteiger partial charge in [0.2, 0.25) is 0 Å². The molecule has 4 rings (SSSR count). The van der Waals surface area contributed by atoms with E-state index in [0.29, 0.717) is 23.1 Å². The maximum absolute atomic E-state index is 11.2. The number of nitrogens with zero attached hydrogens (tertiary/aromatic N) is 3. The molecule has 2 heterocycles. The molecule has 0 atom stereocenters. The van der Waals surface area contributed by atoms with Gasteiger partial charge in [0.05, 0.1) is 10.3 Å². The molecule has 0 bridgehead atoms. The number of carboxylic acid groups (broad SMARTS) is 2. The van der Waals surface area contributed by atoms with Crippen LogP contribution < -0.4 is 5.32 Å². The van der Waals surface area contributed by atoms with Crippen LogP contribution in [0.5, 0.6) is 0 Å². The number of rotatable bonds is 5. The quantitative estimate of drug-likeness (QED) is 0.357. The van der Waals surface area contributed by atoms with Crippen molar-refractivity contribution in [3.8, 4) is 0 Å². The van der Waals surface area contributed by atoms with Gasteiger partial charge in [0.1, 0.15) is 16.5 Å². The van der Waals surface area contributed by atoms with Crippen molar-refractivity contribution in [3.63, 3.8) is 0 Å². The van der Waals surface area contributed by atoms with Crippen molar-refractivity contribution in [1.29, 1.82) is 0 Å². The van der Waals surface area contributed by atoms with Crippen molar-refractivity contribution in [1.82, 2.24) is 9.97 Å². The van der Waals surface area contributed by atoms with Gasteiger partial charge >= 0.3 is 11.2 Å². The lowest BCUT2D eigenvalue weighted by Gasteiger charge is -2.20. The minimum atomic E-state index is -1.83. The minimum Gasteiger partial charge on any atom is -0.450 e. The fraction of sp³-hybridized carbons (Fsp3) is 0.350. The molecule has 30 heavy (non-hydrogen) atoms. The third kappa shape index (κ3) is 5.63. The Bertz CT molecular complexity index is 1010. The lowest BCUT2D eigenvalue weighted by atomic mass is 9.89. The predicted octanol–water partition coefficient (Wildman–Crippen LogP) is 5.48. The van der Waals surface area contributed by atoms with E-state index in [1.165, 1.54) is 19.3 Å². The summed E-state index contributed by atoms with van der Waals surface area (Å²) in [4.78, 5) is 29.5. The molecular weight excluding hydrogens is 408 g/mol. The first-order chi connectivity index (χ1) is 14.4. The molecule has 1 aromatic carbocycles. The molecule has 0 radical (unpaired) electrons. The fourth-order valence-corrected chi connectivity index (χ4v) is 4.33. The molecule has 0 saturated heterocycles. The van der Waals surface area contributed by atoms with E-state index in [0.717, 1.165) is 41.0 Å². The second kappa shape index (κ2) is 9.97. The standard InChI is InChI=1S/C19H20N4O2S.CH2O3/c24-23(25)16-11-15-18(20-12-13-7-3-1-4-8-13)21-17(22-19(15)26-16)14-9-5-2-6-10-14;2-1(3)4/h1,3-4,7-8,11,14H,2,5-6,9-10,12H2,(H,20,21,22);(H2,2,3,4). The highest BCUT2D eigenvalue weighted by Gasteiger charge is 2.23. The van der Waals surface area contributed by atoms with Crippen molar-refractivity contribution >= 4 is 38.5 Å². The van der Waals surface area contributed by atoms with Crippen LogP contribution in [0, 0.1) is 10.1 Å². The summed E-state index contributed by atoms with van der Waals surface area (Å²) in [6.45, 7) is 0.626. The van der Waals surface area contributed by atoms with Crippen LogP contribution in [0.3, 0.4) is 0 Å². The van der Waals surface area contributed by atoms with Crippen LogP contribution in [0.1, 0.15) is 49.4 Å². The van der Waals surface area contributed by atoms with E-state index in [4.69, 9.17) is 20.0 Å². The molecule has 2 aromatic heterocycles. The van der Waals surface area contributed by atoms with E-state index < -0.39 is 6.16 Å². The Morgan fingerprint density at radius 1 is 1.17 bits per heavy atom. The van der Waals surface area contributed by atoms with E-state index >= 15 is 0 Å². The Balaban J connectivity index is 0.000000589. The number of nitrogens with one attached hydrogen (secondary N) is 1. The van der Waals surface area contributed by atoms with Crippen LogP contribution in [-0.4, -0.2) is 31.3 Å². The van der Waals surface area contributed by atoms with Gasteiger partial charge in [-0.15, -0.1) is 0 Å². The van der Waals surface area contributed by atoms with Crippen LogP contribution in [0.15, 0.2) is 36.4 Å². The van der Waals surface area contributed by atoms with Gasteiger partial charge in [-0.25, -0.2) is 14.8 Å². The number of hydrogen-bond acceptors (Lipinski definition) is 7. The summed E-state index contributed by atoms with van der Waals surface area (Å²) in [5.41, 5.74) is 1.14. The second-order valence-electron chi connectivity index (χ2n) is 6.95. The molecule has 1 fully saturated rings. The largest absolute Gasteiger partial charge is 0.503 e. The van der Waals surface area contributed by atoms with Crippen molar-refractivity contribution in [3.05, 3.63) is 57.9 Å². The molecule has 3 aromatic rings. The monoisotopic (exact) mass is 430 g/mol. The number of carbonyl (C=O) groups is 1. The maximum atomic E-state index is 11.2. The number of anilines is 1. The van der Waals surface area contributed by atoms with Crippen LogP contribution >= 0.6 is 11.3 Å². The molecule has 158 valence electrons. The van der Waals surface area contributed by atoms with Gasteiger partial charge in [0, 0.05) is 18.5 Å². The molecule has 0 spiro atoms. The van der Waals surface area contributed by atoms with Gasteiger partial charge in [-0.3, -0.25) is 10.1 Å². The number of benzene rings is 1. The molecule has 1 saturated carbocycles. The van der Waals surface area contributed by atoms with E-state index in [2.05, 4.69) is 10.3 Å². The second-order valence-corrected chi connectivity index (χ2v) is 7.96. The SMILES string of the molecule is O=C(O)O.O=[N+]([O-])c1cc2c(NCc3ccccc3)nc(C3CCCCC3)nc2s1. The summed E-state index contributed by atoms with van der Waals surface area (Å²) in [5, 5.41) is 29.4. The molecule has 1 aliphatic carbocycles. The molecule has 0 unspecified atom stereocenters. The van der Waals surface area contributed by atoms with Gasteiger partial charge in [-0.2, -0.15) is 0 Å². The average Bonchev–Trinajstić information content (AvgIpc) is 3.18. The zero-order chi connectivity index (χ0) is 21.5. The first kappa shape index (κ1) is 21.4. The highest BCUT2D eigenvalue weighted by atomic mass is 32.1. The lowest BCUT2D eigenvalue weighted by Crippen LogP contribution is -2.11. The summed E-state index contributed by atoms with van der Waals surface area (Å²) in [6, 6.07) is 11.6. The highest BCUT2D eigenvalue weighted by Crippen LogP contribution is 2.37. The molecule has 0 aliphatic heterocycles. The molecule has 9 nitrogen and oxygen atoms in total. The fourth-order valence-electron chi connectivity index (χ4n) is 3.47.